The van der Waals surface area contributed by atoms with Crippen LogP contribution in [0.5, 0.6) is 5.75 Å². The largest absolute Gasteiger partial charge is 0.497 e. The molecule has 1 aliphatic heterocycles. The highest BCUT2D eigenvalue weighted by Gasteiger charge is 2.13. The Kier molecular flexibility index (Phi) is 6.55. The molecule has 0 saturated carbocycles. The summed E-state index contributed by atoms with van der Waals surface area (Å²) in [5, 5.41) is 0. The third kappa shape index (κ3) is 4.77. The number of nitrogens with zero attached hydrogens (tertiary/aromatic N) is 2. The predicted molar refractivity (Wildman–Crippen MR) is 129 cm³/mol. The van der Waals surface area contributed by atoms with Gasteiger partial charge in [0.15, 0.2) is 0 Å². The molecule has 3 aromatic carbocycles. The lowest BCUT2D eigenvalue weighted by atomic mass is 10.1. The van der Waals surface area contributed by atoms with Crippen LogP contribution in [0.3, 0.4) is 0 Å². The minimum Gasteiger partial charge on any atom is -0.497 e. The number of anilines is 1. The van der Waals surface area contributed by atoms with Gasteiger partial charge < -0.3 is 9.64 Å². The average Bonchev–Trinajstić information content (AvgIpc) is 2.96. The lowest BCUT2D eigenvalue weighted by Gasteiger charge is -2.18. The van der Waals surface area contributed by atoms with Crippen molar-refractivity contribution in [2.75, 3.05) is 32.1 Å². The lowest BCUT2D eigenvalue weighted by molar-refractivity contribution is 0.414. The number of thioether (sulfide) groups is 1. The second kappa shape index (κ2) is 9.68. The standard InChI is InChI=1S/C26H26N2OS/c1-28-18-17-27-24(23-8-4-5-9-25(23)28)16-13-21-7-3-6-10-26(21)30-19-20-11-14-22(29-2)15-12-20/h3-16H,17-19H2,1-2H3. The Morgan fingerprint density at radius 3 is 2.57 bits per heavy atom. The number of para-hydroxylation sites is 1. The quantitative estimate of drug-likeness (QED) is 0.467. The van der Waals surface area contributed by atoms with Crippen molar-refractivity contribution in [3.63, 3.8) is 0 Å². The summed E-state index contributed by atoms with van der Waals surface area (Å²) in [6.07, 6.45) is 4.35. The number of methoxy groups -OCH3 is 1. The van der Waals surface area contributed by atoms with E-state index >= 15 is 0 Å². The van der Waals surface area contributed by atoms with E-state index in [-0.39, 0.29) is 0 Å². The Balaban J connectivity index is 1.53. The molecule has 3 aromatic rings. The molecule has 0 radical (unpaired) electrons. The zero-order valence-corrected chi connectivity index (χ0v) is 18.2. The normalized spacial score (nSPS) is 13.7. The van der Waals surface area contributed by atoms with Gasteiger partial charge in [-0.3, -0.25) is 4.99 Å². The highest BCUT2D eigenvalue weighted by molar-refractivity contribution is 7.98. The van der Waals surface area contributed by atoms with Crippen LogP contribution < -0.4 is 9.64 Å². The molecule has 0 saturated heterocycles. The fraction of sp³-hybridized carbons (Fsp3) is 0.192. The molecule has 4 rings (SSSR count). The molecule has 0 spiro atoms. The first-order valence-corrected chi connectivity index (χ1v) is 11.1. The molecule has 0 N–H and O–H groups in total. The Bertz CT molecular complexity index is 1060. The summed E-state index contributed by atoms with van der Waals surface area (Å²) in [4.78, 5) is 8.38. The number of hydrogen-bond donors (Lipinski definition) is 0. The van der Waals surface area contributed by atoms with Crippen LogP contribution in [0.4, 0.5) is 5.69 Å². The summed E-state index contributed by atoms with van der Waals surface area (Å²) >= 11 is 1.85. The van der Waals surface area contributed by atoms with Crippen molar-refractivity contribution >= 4 is 29.2 Å². The number of hydrogen-bond acceptors (Lipinski definition) is 4. The molecule has 0 aliphatic carbocycles. The van der Waals surface area contributed by atoms with Gasteiger partial charge in [-0.2, -0.15) is 0 Å². The van der Waals surface area contributed by atoms with Crippen molar-refractivity contribution < 1.29 is 4.74 Å². The van der Waals surface area contributed by atoms with E-state index in [1.54, 1.807) is 7.11 Å². The summed E-state index contributed by atoms with van der Waals surface area (Å²) in [6, 6.07) is 25.3. The van der Waals surface area contributed by atoms with E-state index in [1.807, 2.05) is 23.9 Å². The Labute approximate surface area is 183 Å². The summed E-state index contributed by atoms with van der Waals surface area (Å²) in [6.45, 7) is 1.74. The topological polar surface area (TPSA) is 24.8 Å². The number of ether oxygens (including phenoxy) is 1. The number of benzene rings is 3. The average molecular weight is 415 g/mol. The minimum atomic E-state index is 0.804. The van der Waals surface area contributed by atoms with Gasteiger partial charge in [-0.1, -0.05) is 54.6 Å². The fourth-order valence-electron chi connectivity index (χ4n) is 3.49. The van der Waals surface area contributed by atoms with Crippen molar-refractivity contribution in [1.82, 2.24) is 0 Å². The first-order valence-electron chi connectivity index (χ1n) is 10.1. The molecule has 152 valence electrons. The van der Waals surface area contributed by atoms with Crippen molar-refractivity contribution in [3.8, 4) is 5.75 Å². The van der Waals surface area contributed by atoms with E-state index in [2.05, 4.69) is 84.8 Å². The molecule has 1 heterocycles. The zero-order chi connectivity index (χ0) is 20.8. The van der Waals surface area contributed by atoms with Crippen LogP contribution in [-0.2, 0) is 5.75 Å². The van der Waals surface area contributed by atoms with Gasteiger partial charge in [-0.05, 0) is 41.5 Å². The first-order chi connectivity index (χ1) is 14.7. The number of likely N-dealkylation sites (N-methyl/N-ethyl adjacent to an activating group) is 1. The molecule has 1 aliphatic rings. The SMILES string of the molecule is COc1ccc(CSc2ccccc2C=CC2=NCCN(C)c3ccccc32)cc1. The van der Waals surface area contributed by atoms with Gasteiger partial charge in [0.2, 0.25) is 0 Å². The molecule has 0 atom stereocenters. The number of fused-ring (bicyclic) bond motifs is 1. The van der Waals surface area contributed by atoms with Crippen LogP contribution in [-0.4, -0.2) is 33.0 Å². The monoisotopic (exact) mass is 414 g/mol. The lowest BCUT2D eigenvalue weighted by Crippen LogP contribution is -2.20. The first kappa shape index (κ1) is 20.3. The van der Waals surface area contributed by atoms with Gasteiger partial charge in [-0.25, -0.2) is 0 Å². The predicted octanol–water partition coefficient (Wildman–Crippen LogP) is 5.94. The molecule has 4 heteroatoms. The third-order valence-electron chi connectivity index (χ3n) is 5.20. The molecule has 0 amide bonds. The summed E-state index contributed by atoms with van der Waals surface area (Å²) in [5.41, 5.74) is 5.97. The number of aliphatic imine (C=N–C) groups is 1. The van der Waals surface area contributed by atoms with Gasteiger partial charge in [0.25, 0.3) is 0 Å². The van der Waals surface area contributed by atoms with Crippen LogP contribution in [0.25, 0.3) is 6.08 Å². The zero-order valence-electron chi connectivity index (χ0n) is 17.4. The second-order valence-corrected chi connectivity index (χ2v) is 8.23. The molecule has 0 unspecified atom stereocenters. The van der Waals surface area contributed by atoms with Crippen molar-refractivity contribution in [2.24, 2.45) is 4.99 Å². The van der Waals surface area contributed by atoms with Gasteiger partial charge in [0, 0.05) is 35.5 Å². The van der Waals surface area contributed by atoms with Crippen LogP contribution in [0, 0.1) is 0 Å². The van der Waals surface area contributed by atoms with Crippen LogP contribution in [0.2, 0.25) is 0 Å². The van der Waals surface area contributed by atoms with E-state index in [0.29, 0.717) is 0 Å². The third-order valence-corrected chi connectivity index (χ3v) is 6.36. The van der Waals surface area contributed by atoms with Gasteiger partial charge in [0.05, 0.1) is 19.4 Å². The van der Waals surface area contributed by atoms with Gasteiger partial charge >= 0.3 is 0 Å². The molecule has 0 aromatic heterocycles. The second-order valence-electron chi connectivity index (χ2n) is 7.21. The summed E-state index contributed by atoms with van der Waals surface area (Å²) < 4.78 is 5.25. The van der Waals surface area contributed by atoms with Gasteiger partial charge in [0.1, 0.15) is 5.75 Å². The fourth-order valence-corrected chi connectivity index (χ4v) is 4.49. The summed E-state index contributed by atoms with van der Waals surface area (Å²) in [5.74, 6) is 1.81. The molecule has 0 fully saturated rings. The highest BCUT2D eigenvalue weighted by Crippen LogP contribution is 2.29. The van der Waals surface area contributed by atoms with Crippen molar-refractivity contribution in [3.05, 3.63) is 95.6 Å². The number of rotatable bonds is 6. The molecule has 0 bridgehead atoms. The van der Waals surface area contributed by atoms with Crippen LogP contribution >= 0.6 is 11.8 Å². The van der Waals surface area contributed by atoms with Gasteiger partial charge in [-0.15, -0.1) is 11.8 Å². The maximum Gasteiger partial charge on any atom is 0.118 e. The molecule has 30 heavy (non-hydrogen) atoms. The number of allylic oxidation sites excluding steroid dienone is 1. The maximum absolute atomic E-state index is 5.25. The van der Waals surface area contributed by atoms with E-state index in [0.717, 1.165) is 30.3 Å². The van der Waals surface area contributed by atoms with E-state index in [4.69, 9.17) is 9.73 Å². The van der Waals surface area contributed by atoms with E-state index in [1.165, 1.54) is 27.3 Å². The molecular formula is C26H26N2OS. The Morgan fingerprint density at radius 2 is 1.73 bits per heavy atom. The Hall–Kier alpha value is -2.98. The van der Waals surface area contributed by atoms with E-state index in [9.17, 15) is 0 Å². The Morgan fingerprint density at radius 1 is 0.967 bits per heavy atom. The molecule has 3 nitrogen and oxygen atoms in total. The highest BCUT2D eigenvalue weighted by atomic mass is 32.2. The van der Waals surface area contributed by atoms with Crippen molar-refractivity contribution in [1.29, 1.82) is 0 Å². The smallest absolute Gasteiger partial charge is 0.118 e. The van der Waals surface area contributed by atoms with Crippen LogP contribution in [0.1, 0.15) is 16.7 Å². The summed E-state index contributed by atoms with van der Waals surface area (Å²) in [7, 11) is 3.83. The number of benzodiazepines with no additional fused rings is 1. The van der Waals surface area contributed by atoms with Crippen LogP contribution in [0.15, 0.2) is 88.8 Å². The minimum absolute atomic E-state index is 0.804. The van der Waals surface area contributed by atoms with Crippen molar-refractivity contribution in [2.45, 2.75) is 10.6 Å². The molecular weight excluding hydrogens is 388 g/mol. The maximum atomic E-state index is 5.25. The van der Waals surface area contributed by atoms with E-state index < -0.39 is 0 Å².